The van der Waals surface area contributed by atoms with Crippen LogP contribution in [-0.4, -0.2) is 28.4 Å². The van der Waals surface area contributed by atoms with Gasteiger partial charge in [-0.2, -0.15) is 4.39 Å². The molecule has 8 heteroatoms. The lowest BCUT2D eigenvalue weighted by atomic mass is 10.0. The van der Waals surface area contributed by atoms with Gasteiger partial charge in [-0.05, 0) is 12.5 Å². The summed E-state index contributed by atoms with van der Waals surface area (Å²) < 4.78 is 47.8. The molecule has 0 radical (unpaired) electrons. The van der Waals surface area contributed by atoms with Crippen molar-refractivity contribution in [2.75, 3.05) is 6.67 Å². The quantitative estimate of drug-likeness (QED) is 0.941. The van der Waals surface area contributed by atoms with Crippen molar-refractivity contribution in [3.8, 4) is 5.75 Å². The lowest BCUT2D eigenvalue weighted by Gasteiger charge is -2.34. The molecule has 0 aliphatic carbocycles. The Bertz CT molecular complexity index is 877. The van der Waals surface area contributed by atoms with Gasteiger partial charge in [0.1, 0.15) is 18.3 Å². The molecule has 1 aliphatic rings. The monoisotopic (exact) mass is 327 g/mol. The largest absolute Gasteiger partial charge is 0.483 e. The van der Waals surface area contributed by atoms with Gasteiger partial charge >= 0.3 is 5.97 Å². The van der Waals surface area contributed by atoms with Gasteiger partial charge in [0, 0.05) is 6.20 Å². The van der Waals surface area contributed by atoms with Crippen molar-refractivity contribution >= 4 is 16.9 Å². The molecule has 3 rings (SSSR count). The van der Waals surface area contributed by atoms with Crippen LogP contribution in [-0.2, 0) is 0 Å². The molecule has 1 aromatic heterocycles. The van der Waals surface area contributed by atoms with Gasteiger partial charge in [0.25, 0.3) is 0 Å². The SMILES string of the molecule is CCC1Oc2c(F)c(F)cc3c(=O)c(C(=O)O)cn(c23)[C@H]1CF. The number of aromatic carboxylic acids is 1. The number of ether oxygens (including phenoxy) is 1. The van der Waals surface area contributed by atoms with E-state index in [1.807, 2.05) is 0 Å². The summed E-state index contributed by atoms with van der Waals surface area (Å²) >= 11 is 0. The number of pyridine rings is 1. The number of rotatable bonds is 3. The number of halogens is 3. The van der Waals surface area contributed by atoms with Crippen molar-refractivity contribution < 1.29 is 27.8 Å². The molecule has 23 heavy (non-hydrogen) atoms. The average Bonchev–Trinajstić information content (AvgIpc) is 2.53. The summed E-state index contributed by atoms with van der Waals surface area (Å²) in [7, 11) is 0. The number of aromatic nitrogens is 1. The highest BCUT2D eigenvalue weighted by molar-refractivity contribution is 5.94. The minimum absolute atomic E-state index is 0.133. The minimum atomic E-state index is -1.52. The van der Waals surface area contributed by atoms with Crippen molar-refractivity contribution in [2.24, 2.45) is 0 Å². The molecule has 1 N–H and O–H groups in total. The van der Waals surface area contributed by atoms with Crippen LogP contribution in [0.2, 0.25) is 0 Å². The van der Waals surface area contributed by atoms with Crippen LogP contribution in [0.4, 0.5) is 13.2 Å². The third-order valence-corrected chi connectivity index (χ3v) is 4.01. The predicted molar refractivity (Wildman–Crippen MR) is 74.8 cm³/mol. The van der Waals surface area contributed by atoms with E-state index in [9.17, 15) is 22.8 Å². The van der Waals surface area contributed by atoms with E-state index < -0.39 is 53.2 Å². The van der Waals surface area contributed by atoms with Crippen LogP contribution in [0, 0.1) is 11.6 Å². The fraction of sp³-hybridized carbons (Fsp3) is 0.333. The second-order valence-electron chi connectivity index (χ2n) is 5.27. The summed E-state index contributed by atoms with van der Waals surface area (Å²) in [6.07, 6.45) is 0.444. The zero-order valence-electron chi connectivity index (χ0n) is 12.0. The molecule has 0 fully saturated rings. The van der Waals surface area contributed by atoms with E-state index >= 15 is 0 Å². The second-order valence-corrected chi connectivity index (χ2v) is 5.27. The van der Waals surface area contributed by atoms with Crippen molar-refractivity contribution in [1.29, 1.82) is 0 Å². The molecule has 1 unspecified atom stereocenters. The first kappa shape index (κ1) is 15.4. The molecule has 2 atom stereocenters. The number of nitrogens with zero attached hydrogens (tertiary/aromatic N) is 1. The summed E-state index contributed by atoms with van der Waals surface area (Å²) in [6.45, 7) is 0.765. The van der Waals surface area contributed by atoms with Crippen LogP contribution in [0.5, 0.6) is 5.75 Å². The highest BCUT2D eigenvalue weighted by atomic mass is 19.2. The number of carbonyl (C=O) groups is 1. The molecule has 1 aromatic carbocycles. The number of carboxylic acids is 1. The summed E-state index contributed by atoms with van der Waals surface area (Å²) in [5, 5.41) is 8.78. The molecule has 122 valence electrons. The van der Waals surface area contributed by atoms with E-state index in [0.29, 0.717) is 12.5 Å². The zero-order chi connectivity index (χ0) is 16.9. The van der Waals surface area contributed by atoms with Crippen LogP contribution in [0.15, 0.2) is 17.1 Å². The third kappa shape index (κ3) is 2.08. The molecule has 5 nitrogen and oxygen atoms in total. The van der Waals surface area contributed by atoms with Crippen molar-refractivity contribution in [3.05, 3.63) is 39.7 Å². The molecular formula is C15H12F3NO4. The first-order valence-corrected chi connectivity index (χ1v) is 6.93. The predicted octanol–water partition coefficient (Wildman–Crippen LogP) is 2.66. The van der Waals surface area contributed by atoms with Crippen LogP contribution in [0.1, 0.15) is 29.7 Å². The Morgan fingerprint density at radius 1 is 1.43 bits per heavy atom. The van der Waals surface area contributed by atoms with Gasteiger partial charge in [-0.3, -0.25) is 4.79 Å². The molecule has 0 saturated carbocycles. The van der Waals surface area contributed by atoms with Gasteiger partial charge in [-0.25, -0.2) is 13.6 Å². The van der Waals surface area contributed by atoms with E-state index in [1.165, 1.54) is 0 Å². The van der Waals surface area contributed by atoms with Gasteiger partial charge in [-0.15, -0.1) is 0 Å². The smallest absolute Gasteiger partial charge is 0.341 e. The first-order valence-electron chi connectivity index (χ1n) is 6.93. The Balaban J connectivity index is 2.50. The second kappa shape index (κ2) is 5.29. The van der Waals surface area contributed by atoms with Gasteiger partial charge in [-0.1, -0.05) is 6.92 Å². The topological polar surface area (TPSA) is 68.5 Å². The molecule has 0 bridgehead atoms. The Hall–Kier alpha value is -2.51. The van der Waals surface area contributed by atoms with Gasteiger partial charge < -0.3 is 14.4 Å². The average molecular weight is 327 g/mol. The van der Waals surface area contributed by atoms with Gasteiger partial charge in [0.2, 0.25) is 11.2 Å². The van der Waals surface area contributed by atoms with Crippen LogP contribution in [0.3, 0.4) is 0 Å². The zero-order valence-corrected chi connectivity index (χ0v) is 12.0. The molecular weight excluding hydrogens is 315 g/mol. The fourth-order valence-corrected chi connectivity index (χ4v) is 2.89. The van der Waals surface area contributed by atoms with Crippen LogP contribution < -0.4 is 10.2 Å². The summed E-state index contributed by atoms with van der Waals surface area (Å²) in [5.74, 6) is -4.63. The molecule has 2 aromatic rings. The molecule has 0 amide bonds. The molecule has 0 saturated heterocycles. The van der Waals surface area contributed by atoms with Crippen molar-refractivity contribution in [2.45, 2.75) is 25.5 Å². The van der Waals surface area contributed by atoms with E-state index in [-0.39, 0.29) is 10.9 Å². The Morgan fingerprint density at radius 3 is 2.70 bits per heavy atom. The lowest BCUT2D eigenvalue weighted by Crippen LogP contribution is -2.37. The standard InChI is InChI=1S/C15H12F3NO4/c1-2-10-9(4-16)19-5-7(15(21)22)13(20)6-3-8(17)11(18)14(23-10)12(6)19/h3,5,9-10H,2,4H2,1H3,(H,21,22)/t9-,10?/m0/s1. The normalized spacial score (nSPS) is 19.7. The van der Waals surface area contributed by atoms with Gasteiger partial charge in [0.15, 0.2) is 11.6 Å². The summed E-state index contributed by atoms with van der Waals surface area (Å²) in [4.78, 5) is 23.4. The number of carboxylic acid groups (broad SMARTS) is 1. The Labute approximate surface area is 127 Å². The van der Waals surface area contributed by atoms with E-state index in [2.05, 4.69) is 0 Å². The van der Waals surface area contributed by atoms with E-state index in [1.54, 1.807) is 6.92 Å². The highest BCUT2D eigenvalue weighted by Gasteiger charge is 2.35. The lowest BCUT2D eigenvalue weighted by molar-refractivity contribution is 0.0690. The number of hydrogen-bond donors (Lipinski definition) is 1. The first-order chi connectivity index (χ1) is 10.9. The molecule has 0 spiro atoms. The molecule has 1 aliphatic heterocycles. The minimum Gasteiger partial charge on any atom is -0.483 e. The Morgan fingerprint density at radius 2 is 2.13 bits per heavy atom. The fourth-order valence-electron chi connectivity index (χ4n) is 2.89. The van der Waals surface area contributed by atoms with Crippen LogP contribution >= 0.6 is 0 Å². The van der Waals surface area contributed by atoms with Crippen molar-refractivity contribution in [1.82, 2.24) is 4.57 Å². The number of benzene rings is 1. The molecule has 2 heterocycles. The number of hydrogen-bond acceptors (Lipinski definition) is 3. The van der Waals surface area contributed by atoms with Crippen LogP contribution in [0.25, 0.3) is 10.9 Å². The van der Waals surface area contributed by atoms with Gasteiger partial charge in [0.05, 0.1) is 16.9 Å². The van der Waals surface area contributed by atoms with E-state index in [0.717, 1.165) is 10.8 Å². The number of alkyl halides is 1. The van der Waals surface area contributed by atoms with E-state index in [4.69, 9.17) is 9.84 Å². The van der Waals surface area contributed by atoms with Crippen molar-refractivity contribution in [3.63, 3.8) is 0 Å². The third-order valence-electron chi connectivity index (χ3n) is 4.01. The maximum Gasteiger partial charge on any atom is 0.341 e. The maximum absolute atomic E-state index is 14.1. The maximum atomic E-state index is 14.1. The Kier molecular flexibility index (Phi) is 3.54. The summed E-state index contributed by atoms with van der Waals surface area (Å²) in [5.41, 5.74) is -1.74. The summed E-state index contributed by atoms with van der Waals surface area (Å²) in [6, 6.07) is -0.316. The highest BCUT2D eigenvalue weighted by Crippen LogP contribution is 2.38.